The van der Waals surface area contributed by atoms with Crippen LogP contribution in [0, 0.1) is 5.92 Å². The quantitative estimate of drug-likeness (QED) is 0.773. The van der Waals surface area contributed by atoms with Gasteiger partial charge in [-0.05, 0) is 25.2 Å². The molecule has 2 unspecified atom stereocenters. The molecule has 0 amide bonds. The van der Waals surface area contributed by atoms with Gasteiger partial charge >= 0.3 is 0 Å². The van der Waals surface area contributed by atoms with Gasteiger partial charge in [0.25, 0.3) is 0 Å². The molecule has 2 atom stereocenters. The second kappa shape index (κ2) is 5.48. The summed E-state index contributed by atoms with van der Waals surface area (Å²) in [5, 5.41) is 3.66. The molecule has 104 valence electrons. The summed E-state index contributed by atoms with van der Waals surface area (Å²) in [7, 11) is 0. The van der Waals surface area contributed by atoms with Gasteiger partial charge < -0.3 is 10.1 Å². The van der Waals surface area contributed by atoms with Crippen molar-refractivity contribution in [1.29, 1.82) is 0 Å². The van der Waals surface area contributed by atoms with Crippen LogP contribution in [0.5, 0.6) is 0 Å². The van der Waals surface area contributed by atoms with Gasteiger partial charge in [0.1, 0.15) is 0 Å². The summed E-state index contributed by atoms with van der Waals surface area (Å²) in [5.74, 6) is 0.704. The Hall–Kier alpha value is -0.120. The Morgan fingerprint density at radius 2 is 2.06 bits per heavy atom. The predicted octanol–water partition coefficient (Wildman–Crippen LogP) is 2.02. The Morgan fingerprint density at radius 1 is 1.22 bits per heavy atom. The molecule has 3 rings (SSSR count). The average Bonchev–Trinajstić information content (AvgIpc) is 2.41. The van der Waals surface area contributed by atoms with Gasteiger partial charge in [0.05, 0.1) is 6.61 Å². The van der Waals surface area contributed by atoms with Crippen molar-refractivity contribution in [3.05, 3.63) is 0 Å². The molecule has 1 aliphatic carbocycles. The number of piperazine rings is 1. The number of hydrogen-bond donors (Lipinski definition) is 1. The minimum absolute atomic E-state index is 0.479. The normalized spacial score (nSPS) is 37.8. The first kappa shape index (κ1) is 12.9. The topological polar surface area (TPSA) is 24.5 Å². The fourth-order valence-corrected chi connectivity index (χ4v) is 4.38. The number of nitrogens with one attached hydrogen (secondary N) is 1. The van der Waals surface area contributed by atoms with E-state index in [2.05, 4.69) is 17.1 Å². The minimum Gasteiger partial charge on any atom is -0.381 e. The van der Waals surface area contributed by atoms with Crippen LogP contribution in [0.25, 0.3) is 0 Å². The van der Waals surface area contributed by atoms with Crippen LogP contribution >= 0.6 is 0 Å². The molecule has 3 fully saturated rings. The first-order chi connectivity index (χ1) is 8.82. The molecule has 2 aliphatic heterocycles. The zero-order chi connectivity index (χ0) is 12.4. The third-order valence-electron chi connectivity index (χ3n) is 5.37. The van der Waals surface area contributed by atoms with Gasteiger partial charge in [-0.1, -0.05) is 26.2 Å². The molecule has 1 saturated carbocycles. The molecular weight excluding hydrogens is 224 g/mol. The maximum Gasteiger partial charge on any atom is 0.0506 e. The maximum atomic E-state index is 5.64. The molecule has 1 spiro atoms. The standard InChI is InChI=1S/C15H28N2O/c1-13-11-18-10-5-14(13)17-9-8-16-12-15(17)6-3-2-4-7-15/h13-14,16H,2-12H2,1H3. The predicted molar refractivity (Wildman–Crippen MR) is 73.8 cm³/mol. The van der Waals surface area contributed by atoms with Gasteiger partial charge in [-0.25, -0.2) is 0 Å². The monoisotopic (exact) mass is 252 g/mol. The van der Waals surface area contributed by atoms with E-state index in [0.717, 1.165) is 19.3 Å². The Labute approximate surface area is 111 Å². The van der Waals surface area contributed by atoms with E-state index in [0.29, 0.717) is 11.5 Å². The van der Waals surface area contributed by atoms with E-state index in [9.17, 15) is 0 Å². The number of rotatable bonds is 1. The minimum atomic E-state index is 0.479. The van der Waals surface area contributed by atoms with Gasteiger partial charge in [-0.15, -0.1) is 0 Å². The third-order valence-corrected chi connectivity index (χ3v) is 5.37. The third kappa shape index (κ3) is 2.33. The van der Waals surface area contributed by atoms with E-state index >= 15 is 0 Å². The fourth-order valence-electron chi connectivity index (χ4n) is 4.38. The van der Waals surface area contributed by atoms with E-state index < -0.39 is 0 Å². The van der Waals surface area contributed by atoms with Gasteiger partial charge in [0, 0.05) is 37.8 Å². The molecule has 18 heavy (non-hydrogen) atoms. The lowest BCUT2D eigenvalue weighted by molar-refractivity contribution is -0.0726. The largest absolute Gasteiger partial charge is 0.381 e. The fraction of sp³-hybridized carbons (Fsp3) is 1.00. The molecule has 0 bridgehead atoms. The van der Waals surface area contributed by atoms with Crippen LogP contribution in [0.1, 0.15) is 45.4 Å². The lowest BCUT2D eigenvalue weighted by Gasteiger charge is -2.55. The number of ether oxygens (including phenoxy) is 1. The highest BCUT2D eigenvalue weighted by Gasteiger charge is 2.44. The van der Waals surface area contributed by atoms with Crippen molar-refractivity contribution in [2.75, 3.05) is 32.8 Å². The van der Waals surface area contributed by atoms with Crippen LogP contribution in [0.15, 0.2) is 0 Å². The van der Waals surface area contributed by atoms with Crippen LogP contribution in [0.4, 0.5) is 0 Å². The van der Waals surface area contributed by atoms with Gasteiger partial charge in [-0.2, -0.15) is 0 Å². The molecule has 1 N–H and O–H groups in total. The molecule has 2 saturated heterocycles. The molecule has 3 heteroatoms. The van der Waals surface area contributed by atoms with Crippen molar-refractivity contribution in [3.8, 4) is 0 Å². The Morgan fingerprint density at radius 3 is 2.83 bits per heavy atom. The number of hydrogen-bond acceptors (Lipinski definition) is 3. The van der Waals surface area contributed by atoms with Crippen molar-refractivity contribution in [2.24, 2.45) is 5.92 Å². The van der Waals surface area contributed by atoms with Gasteiger partial charge in [-0.3, -0.25) is 4.90 Å². The van der Waals surface area contributed by atoms with Crippen LogP contribution in [0.3, 0.4) is 0 Å². The summed E-state index contributed by atoms with van der Waals surface area (Å²) in [5.41, 5.74) is 0.479. The highest BCUT2D eigenvalue weighted by molar-refractivity contribution is 5.01. The molecule has 0 aromatic heterocycles. The highest BCUT2D eigenvalue weighted by atomic mass is 16.5. The molecule has 0 radical (unpaired) electrons. The van der Waals surface area contributed by atoms with Crippen LogP contribution in [-0.4, -0.2) is 49.3 Å². The van der Waals surface area contributed by atoms with Crippen molar-refractivity contribution in [1.82, 2.24) is 10.2 Å². The highest BCUT2D eigenvalue weighted by Crippen LogP contribution is 2.38. The van der Waals surface area contributed by atoms with Gasteiger partial charge in [0.2, 0.25) is 0 Å². The van der Waals surface area contributed by atoms with Gasteiger partial charge in [0.15, 0.2) is 0 Å². The molecule has 3 aliphatic rings. The first-order valence-electron chi connectivity index (χ1n) is 7.87. The van der Waals surface area contributed by atoms with E-state index in [1.807, 2.05) is 0 Å². The van der Waals surface area contributed by atoms with Crippen molar-refractivity contribution in [2.45, 2.75) is 57.0 Å². The second-order valence-electron chi connectivity index (χ2n) is 6.56. The molecule has 3 nitrogen and oxygen atoms in total. The summed E-state index contributed by atoms with van der Waals surface area (Å²) in [6.07, 6.45) is 8.35. The Balaban J connectivity index is 1.77. The summed E-state index contributed by atoms with van der Waals surface area (Å²) < 4.78 is 5.64. The van der Waals surface area contributed by atoms with Crippen molar-refractivity contribution < 1.29 is 4.74 Å². The summed E-state index contributed by atoms with van der Waals surface area (Å²) >= 11 is 0. The summed E-state index contributed by atoms with van der Waals surface area (Å²) in [6, 6.07) is 0.763. The van der Waals surface area contributed by atoms with E-state index in [4.69, 9.17) is 4.74 Å². The zero-order valence-electron chi connectivity index (χ0n) is 11.8. The Kier molecular flexibility index (Phi) is 3.92. The second-order valence-corrected chi connectivity index (χ2v) is 6.56. The van der Waals surface area contributed by atoms with Crippen molar-refractivity contribution >= 4 is 0 Å². The van der Waals surface area contributed by atoms with E-state index in [-0.39, 0.29) is 0 Å². The zero-order valence-corrected chi connectivity index (χ0v) is 11.8. The number of nitrogens with zero attached hydrogens (tertiary/aromatic N) is 1. The van der Waals surface area contributed by atoms with E-state index in [1.165, 1.54) is 58.2 Å². The van der Waals surface area contributed by atoms with Crippen LogP contribution < -0.4 is 5.32 Å². The summed E-state index contributed by atoms with van der Waals surface area (Å²) in [6.45, 7) is 7.94. The van der Waals surface area contributed by atoms with E-state index in [1.54, 1.807) is 0 Å². The smallest absolute Gasteiger partial charge is 0.0506 e. The average molecular weight is 252 g/mol. The van der Waals surface area contributed by atoms with Crippen molar-refractivity contribution in [3.63, 3.8) is 0 Å². The molecular formula is C15H28N2O. The first-order valence-corrected chi connectivity index (χ1v) is 7.87. The Bertz CT molecular complexity index is 267. The molecule has 2 heterocycles. The lowest BCUT2D eigenvalue weighted by Crippen LogP contribution is -2.66. The van der Waals surface area contributed by atoms with Crippen LogP contribution in [-0.2, 0) is 4.74 Å². The SMILES string of the molecule is CC1COCCC1N1CCNCC12CCCCC2. The maximum absolute atomic E-state index is 5.64. The molecule has 0 aromatic rings. The lowest BCUT2D eigenvalue weighted by atomic mass is 9.76. The molecule has 0 aromatic carbocycles. The van der Waals surface area contributed by atoms with Crippen LogP contribution in [0.2, 0.25) is 0 Å². The summed E-state index contributed by atoms with van der Waals surface area (Å²) in [4.78, 5) is 2.88.